The minimum absolute atomic E-state index is 0.0213. The summed E-state index contributed by atoms with van der Waals surface area (Å²) in [6.07, 6.45) is 2.05. The Morgan fingerprint density at radius 1 is 1.29 bits per heavy atom. The second-order valence-corrected chi connectivity index (χ2v) is 8.17. The van der Waals surface area contributed by atoms with Gasteiger partial charge in [-0.15, -0.1) is 0 Å². The molecule has 0 bridgehead atoms. The van der Waals surface area contributed by atoms with Crippen molar-refractivity contribution < 1.29 is 14.3 Å². The van der Waals surface area contributed by atoms with Crippen molar-refractivity contribution in [1.29, 1.82) is 0 Å². The van der Waals surface area contributed by atoms with Gasteiger partial charge >= 0.3 is 0 Å². The Morgan fingerprint density at radius 3 is 2.93 bits per heavy atom. The van der Waals surface area contributed by atoms with Crippen LogP contribution in [-0.2, 0) is 9.53 Å². The summed E-state index contributed by atoms with van der Waals surface area (Å²) < 4.78 is 12.7. The maximum Gasteiger partial charge on any atom is 0.266 e. The zero-order valence-corrected chi connectivity index (χ0v) is 17.0. The van der Waals surface area contributed by atoms with E-state index >= 15 is 0 Å². The third-order valence-electron chi connectivity index (χ3n) is 4.92. The summed E-state index contributed by atoms with van der Waals surface area (Å²) in [7, 11) is 0. The van der Waals surface area contributed by atoms with Crippen molar-refractivity contribution >= 4 is 32.6 Å². The van der Waals surface area contributed by atoms with Crippen LogP contribution in [0.5, 0.6) is 5.75 Å². The molecule has 6 heteroatoms. The van der Waals surface area contributed by atoms with Crippen LogP contribution in [-0.4, -0.2) is 36.8 Å². The number of fused-ring (bicyclic) bond motifs is 1. The third-order valence-corrected chi connectivity index (χ3v) is 5.96. The molecule has 0 N–H and O–H groups in total. The number of anilines is 1. The molecule has 146 valence electrons. The standard InChI is InChI=1S/C22H24N2O3S/c1-15-9-10-18-20(12-15)28-22(23-18)24(13-17-7-5-11-26-17)21(25)14-27-19-8-4-3-6-16(19)2/h3-4,6,8-10,12,17H,5,7,11,13-14H2,1-2H3. The minimum atomic E-state index is -0.102. The molecule has 1 atom stereocenters. The van der Waals surface area contributed by atoms with E-state index in [1.54, 1.807) is 4.90 Å². The number of carbonyl (C=O) groups is 1. The Hall–Kier alpha value is -2.44. The summed E-state index contributed by atoms with van der Waals surface area (Å²) in [6, 6.07) is 13.9. The normalized spacial score (nSPS) is 16.4. The minimum Gasteiger partial charge on any atom is -0.483 e. The van der Waals surface area contributed by atoms with Crippen molar-refractivity contribution in [2.45, 2.75) is 32.8 Å². The Kier molecular flexibility index (Phi) is 5.59. The molecule has 1 fully saturated rings. The monoisotopic (exact) mass is 396 g/mol. The van der Waals surface area contributed by atoms with E-state index in [0.717, 1.165) is 41.0 Å². The van der Waals surface area contributed by atoms with Gasteiger partial charge in [0, 0.05) is 6.61 Å². The Labute approximate surface area is 168 Å². The fraction of sp³-hybridized carbons (Fsp3) is 0.364. The molecule has 1 aliphatic rings. The zero-order valence-electron chi connectivity index (χ0n) is 16.2. The summed E-state index contributed by atoms with van der Waals surface area (Å²) in [5.74, 6) is 0.627. The average Bonchev–Trinajstić information content (AvgIpc) is 3.34. The van der Waals surface area contributed by atoms with Gasteiger partial charge in [0.1, 0.15) is 5.75 Å². The van der Waals surface area contributed by atoms with Crippen LogP contribution in [0.25, 0.3) is 10.2 Å². The highest BCUT2D eigenvalue weighted by atomic mass is 32.1. The molecule has 3 aromatic rings. The molecule has 0 aliphatic carbocycles. The highest BCUT2D eigenvalue weighted by Gasteiger charge is 2.26. The molecule has 2 heterocycles. The lowest BCUT2D eigenvalue weighted by Gasteiger charge is -2.23. The van der Waals surface area contributed by atoms with E-state index in [4.69, 9.17) is 14.5 Å². The first kappa shape index (κ1) is 18.9. The van der Waals surface area contributed by atoms with E-state index in [2.05, 4.69) is 13.0 Å². The first-order valence-electron chi connectivity index (χ1n) is 9.58. The van der Waals surface area contributed by atoms with Gasteiger partial charge in [0.05, 0.1) is 22.9 Å². The van der Waals surface area contributed by atoms with E-state index in [1.165, 1.54) is 16.9 Å². The lowest BCUT2D eigenvalue weighted by Crippen LogP contribution is -2.40. The first-order chi connectivity index (χ1) is 13.6. The van der Waals surface area contributed by atoms with E-state index in [0.29, 0.717) is 11.7 Å². The SMILES string of the molecule is Cc1ccc2nc(N(CC3CCCO3)C(=O)COc3ccccc3C)sc2c1. The van der Waals surface area contributed by atoms with E-state index in [-0.39, 0.29) is 18.6 Å². The van der Waals surface area contributed by atoms with Gasteiger partial charge in [-0.05, 0) is 56.0 Å². The van der Waals surface area contributed by atoms with Crippen molar-refractivity contribution in [3.8, 4) is 5.75 Å². The van der Waals surface area contributed by atoms with E-state index in [1.807, 2.05) is 43.3 Å². The van der Waals surface area contributed by atoms with Crippen LogP contribution in [0, 0.1) is 13.8 Å². The number of rotatable bonds is 6. The highest BCUT2D eigenvalue weighted by Crippen LogP contribution is 2.31. The summed E-state index contributed by atoms with van der Waals surface area (Å²) in [4.78, 5) is 19.5. The lowest BCUT2D eigenvalue weighted by molar-refractivity contribution is -0.120. The molecule has 1 aliphatic heterocycles. The van der Waals surface area contributed by atoms with Crippen LogP contribution in [0.2, 0.25) is 0 Å². The number of ether oxygens (including phenoxy) is 2. The van der Waals surface area contributed by atoms with Gasteiger partial charge in [-0.25, -0.2) is 4.98 Å². The van der Waals surface area contributed by atoms with Crippen molar-refractivity contribution in [1.82, 2.24) is 4.98 Å². The maximum absolute atomic E-state index is 13.1. The Balaban J connectivity index is 1.56. The maximum atomic E-state index is 13.1. The summed E-state index contributed by atoms with van der Waals surface area (Å²) in [5.41, 5.74) is 3.11. The van der Waals surface area contributed by atoms with E-state index < -0.39 is 0 Å². The van der Waals surface area contributed by atoms with Crippen LogP contribution >= 0.6 is 11.3 Å². The number of hydrogen-bond acceptors (Lipinski definition) is 5. The summed E-state index contributed by atoms with van der Waals surface area (Å²) in [6.45, 7) is 5.27. The number of carbonyl (C=O) groups excluding carboxylic acids is 1. The second kappa shape index (κ2) is 8.29. The van der Waals surface area contributed by atoms with E-state index in [9.17, 15) is 4.79 Å². The lowest BCUT2D eigenvalue weighted by atomic mass is 10.2. The van der Waals surface area contributed by atoms with Crippen molar-refractivity contribution in [3.63, 3.8) is 0 Å². The average molecular weight is 397 g/mol. The number of benzene rings is 2. The number of nitrogens with zero attached hydrogens (tertiary/aromatic N) is 2. The van der Waals surface area contributed by atoms with Gasteiger partial charge in [0.25, 0.3) is 5.91 Å². The topological polar surface area (TPSA) is 51.7 Å². The quantitative estimate of drug-likeness (QED) is 0.615. The second-order valence-electron chi connectivity index (χ2n) is 7.16. The number of aromatic nitrogens is 1. The van der Waals surface area contributed by atoms with Crippen LogP contribution in [0.15, 0.2) is 42.5 Å². The first-order valence-corrected chi connectivity index (χ1v) is 10.4. The molecule has 28 heavy (non-hydrogen) atoms. The fourth-order valence-corrected chi connectivity index (χ4v) is 4.44. The van der Waals surface area contributed by atoms with Crippen molar-refractivity contribution in [2.75, 3.05) is 24.7 Å². The van der Waals surface area contributed by atoms with Crippen molar-refractivity contribution in [2.24, 2.45) is 0 Å². The molecule has 0 spiro atoms. The van der Waals surface area contributed by atoms with Crippen LogP contribution in [0.3, 0.4) is 0 Å². The van der Waals surface area contributed by atoms with Gasteiger partial charge in [-0.1, -0.05) is 35.6 Å². The largest absolute Gasteiger partial charge is 0.483 e. The molecule has 1 saturated heterocycles. The van der Waals surface area contributed by atoms with Crippen molar-refractivity contribution in [3.05, 3.63) is 53.6 Å². The number of aryl methyl sites for hydroxylation is 2. The number of amides is 1. The molecular weight excluding hydrogens is 372 g/mol. The molecule has 2 aromatic carbocycles. The summed E-state index contributed by atoms with van der Waals surface area (Å²) in [5, 5.41) is 0.703. The molecular formula is C22H24N2O3S. The Morgan fingerprint density at radius 2 is 2.14 bits per heavy atom. The predicted octanol–water partition coefficient (Wildman–Crippen LogP) is 4.50. The molecule has 5 nitrogen and oxygen atoms in total. The zero-order chi connectivity index (χ0) is 19.5. The molecule has 1 amide bonds. The molecule has 1 unspecified atom stereocenters. The van der Waals surface area contributed by atoms with Gasteiger partial charge in [-0.3, -0.25) is 9.69 Å². The van der Waals surface area contributed by atoms with Gasteiger partial charge in [-0.2, -0.15) is 0 Å². The molecule has 4 rings (SSSR count). The van der Waals surface area contributed by atoms with Gasteiger partial charge < -0.3 is 9.47 Å². The van der Waals surface area contributed by atoms with Gasteiger partial charge in [0.15, 0.2) is 11.7 Å². The number of para-hydroxylation sites is 1. The summed E-state index contributed by atoms with van der Waals surface area (Å²) >= 11 is 1.54. The van der Waals surface area contributed by atoms with Crippen LogP contribution in [0.4, 0.5) is 5.13 Å². The van der Waals surface area contributed by atoms with Crippen LogP contribution < -0.4 is 9.64 Å². The van der Waals surface area contributed by atoms with Gasteiger partial charge in [0.2, 0.25) is 0 Å². The fourth-order valence-electron chi connectivity index (χ4n) is 3.35. The number of hydrogen-bond donors (Lipinski definition) is 0. The smallest absolute Gasteiger partial charge is 0.266 e. The highest BCUT2D eigenvalue weighted by molar-refractivity contribution is 7.22. The van der Waals surface area contributed by atoms with Crippen LogP contribution in [0.1, 0.15) is 24.0 Å². The Bertz CT molecular complexity index is 979. The molecule has 0 saturated carbocycles. The molecule has 0 radical (unpaired) electrons. The third kappa shape index (κ3) is 4.18. The predicted molar refractivity (Wildman–Crippen MR) is 112 cm³/mol. The molecule has 1 aromatic heterocycles. The number of thiazole rings is 1.